The summed E-state index contributed by atoms with van der Waals surface area (Å²) in [6.07, 6.45) is 8.77. The van der Waals surface area contributed by atoms with Crippen LogP contribution in [0.4, 0.5) is 0 Å². The number of hydrogen-bond donors (Lipinski definition) is 0. The number of imidazole rings is 1. The maximum Gasteiger partial charge on any atom is 0.257 e. The Morgan fingerprint density at radius 3 is 2.67 bits per heavy atom. The number of rotatable bonds is 7. The number of amides is 1. The summed E-state index contributed by atoms with van der Waals surface area (Å²) < 4.78 is 4.17. The van der Waals surface area contributed by atoms with Crippen molar-refractivity contribution in [1.29, 1.82) is 0 Å². The zero-order valence-electron chi connectivity index (χ0n) is 17.1. The molecule has 3 rings (SSSR count). The summed E-state index contributed by atoms with van der Waals surface area (Å²) in [6, 6.07) is 0. The van der Waals surface area contributed by atoms with Gasteiger partial charge in [0.2, 0.25) is 0 Å². The van der Waals surface area contributed by atoms with E-state index in [0.717, 1.165) is 63.2 Å². The third-order valence-electron chi connectivity index (χ3n) is 5.53. The van der Waals surface area contributed by atoms with Gasteiger partial charge < -0.3 is 14.4 Å². The van der Waals surface area contributed by atoms with Gasteiger partial charge in [-0.25, -0.2) is 4.98 Å². The summed E-state index contributed by atoms with van der Waals surface area (Å²) in [7, 11) is 4.21. The lowest BCUT2D eigenvalue weighted by Gasteiger charge is -2.32. The molecule has 1 saturated heterocycles. The van der Waals surface area contributed by atoms with E-state index in [9.17, 15) is 4.79 Å². The average Bonchev–Trinajstić information content (AvgIpc) is 3.27. The maximum atomic E-state index is 12.9. The van der Waals surface area contributed by atoms with E-state index in [1.807, 2.05) is 29.6 Å². The summed E-state index contributed by atoms with van der Waals surface area (Å²) in [5.41, 5.74) is 1.70. The number of carbonyl (C=O) groups is 1. The number of hydrogen-bond acceptors (Lipinski definition) is 4. The number of piperidine rings is 1. The Balaban J connectivity index is 1.58. The van der Waals surface area contributed by atoms with Gasteiger partial charge in [0, 0.05) is 50.2 Å². The minimum absolute atomic E-state index is 0.111. The standard InChI is InChI=1S/C20H32N6O/c1-5-26-16(2)18(15-22-26)20(27)25-12-7-17(8-13-25)19-21-9-14-24(19)11-6-10-23(3)4/h9,14-15,17H,5-8,10-13H2,1-4H3. The molecular formula is C20H32N6O. The van der Waals surface area contributed by atoms with Gasteiger partial charge in [-0.3, -0.25) is 9.48 Å². The smallest absolute Gasteiger partial charge is 0.257 e. The normalized spacial score (nSPS) is 15.7. The molecule has 2 aromatic rings. The number of aryl methyl sites for hydroxylation is 2. The molecule has 7 heteroatoms. The molecule has 1 aliphatic heterocycles. The first-order valence-electron chi connectivity index (χ1n) is 9.98. The fourth-order valence-corrected chi connectivity index (χ4v) is 3.91. The third kappa shape index (κ3) is 4.40. The van der Waals surface area contributed by atoms with Crippen LogP contribution in [0.25, 0.3) is 0 Å². The predicted molar refractivity (Wildman–Crippen MR) is 106 cm³/mol. The van der Waals surface area contributed by atoms with Crippen LogP contribution in [0.5, 0.6) is 0 Å². The molecular weight excluding hydrogens is 340 g/mol. The van der Waals surface area contributed by atoms with E-state index in [1.54, 1.807) is 6.20 Å². The molecule has 0 spiro atoms. The lowest BCUT2D eigenvalue weighted by molar-refractivity contribution is 0.0709. The van der Waals surface area contributed by atoms with Gasteiger partial charge in [-0.2, -0.15) is 5.10 Å². The molecule has 0 saturated carbocycles. The van der Waals surface area contributed by atoms with E-state index in [2.05, 4.69) is 39.8 Å². The van der Waals surface area contributed by atoms with Crippen molar-refractivity contribution in [2.24, 2.45) is 0 Å². The number of carbonyl (C=O) groups excluding carboxylic acids is 1. The van der Waals surface area contributed by atoms with Crippen LogP contribution in [-0.2, 0) is 13.1 Å². The van der Waals surface area contributed by atoms with Gasteiger partial charge in [0.05, 0.1) is 11.8 Å². The van der Waals surface area contributed by atoms with E-state index in [0.29, 0.717) is 5.92 Å². The van der Waals surface area contributed by atoms with E-state index in [1.165, 1.54) is 5.82 Å². The van der Waals surface area contributed by atoms with E-state index in [4.69, 9.17) is 0 Å². The molecule has 0 atom stereocenters. The highest BCUT2D eigenvalue weighted by molar-refractivity contribution is 5.95. The van der Waals surface area contributed by atoms with Crippen molar-refractivity contribution < 1.29 is 4.79 Å². The topological polar surface area (TPSA) is 59.2 Å². The fourth-order valence-electron chi connectivity index (χ4n) is 3.91. The van der Waals surface area contributed by atoms with Gasteiger partial charge in [-0.05, 0) is 53.8 Å². The quantitative estimate of drug-likeness (QED) is 0.749. The Hall–Kier alpha value is -2.15. The third-order valence-corrected chi connectivity index (χ3v) is 5.53. The van der Waals surface area contributed by atoms with Crippen LogP contribution in [0.3, 0.4) is 0 Å². The van der Waals surface area contributed by atoms with Crippen molar-refractivity contribution in [2.45, 2.75) is 52.1 Å². The molecule has 0 aliphatic carbocycles. The van der Waals surface area contributed by atoms with Crippen molar-refractivity contribution in [3.8, 4) is 0 Å². The number of nitrogens with zero attached hydrogens (tertiary/aromatic N) is 6. The Morgan fingerprint density at radius 2 is 2.04 bits per heavy atom. The van der Waals surface area contributed by atoms with Crippen LogP contribution in [-0.4, -0.2) is 68.8 Å². The first-order valence-corrected chi connectivity index (χ1v) is 9.98. The first-order chi connectivity index (χ1) is 13.0. The lowest BCUT2D eigenvalue weighted by Crippen LogP contribution is -2.38. The summed E-state index contributed by atoms with van der Waals surface area (Å²) >= 11 is 0. The minimum atomic E-state index is 0.111. The zero-order valence-corrected chi connectivity index (χ0v) is 17.1. The van der Waals surface area contributed by atoms with Crippen LogP contribution in [0.1, 0.15) is 54.0 Å². The predicted octanol–water partition coefficient (Wildman–Crippen LogP) is 2.38. The van der Waals surface area contributed by atoms with Gasteiger partial charge >= 0.3 is 0 Å². The van der Waals surface area contributed by atoms with Crippen molar-refractivity contribution in [2.75, 3.05) is 33.7 Å². The fraction of sp³-hybridized carbons (Fsp3) is 0.650. The molecule has 1 amide bonds. The molecule has 2 aromatic heterocycles. The van der Waals surface area contributed by atoms with Crippen LogP contribution in [0.2, 0.25) is 0 Å². The molecule has 0 N–H and O–H groups in total. The Morgan fingerprint density at radius 1 is 1.30 bits per heavy atom. The highest BCUT2D eigenvalue weighted by Gasteiger charge is 2.28. The molecule has 0 unspecified atom stereocenters. The molecule has 1 aliphatic rings. The molecule has 7 nitrogen and oxygen atoms in total. The molecule has 0 bridgehead atoms. The molecule has 148 valence electrons. The summed E-state index contributed by atoms with van der Waals surface area (Å²) in [5, 5.41) is 4.31. The highest BCUT2D eigenvalue weighted by atomic mass is 16.2. The Kier molecular flexibility index (Phi) is 6.31. The van der Waals surface area contributed by atoms with E-state index < -0.39 is 0 Å². The van der Waals surface area contributed by atoms with Gasteiger partial charge in [0.25, 0.3) is 5.91 Å². The maximum absolute atomic E-state index is 12.9. The van der Waals surface area contributed by atoms with Gasteiger partial charge in [0.1, 0.15) is 5.82 Å². The Bertz CT molecular complexity index is 754. The van der Waals surface area contributed by atoms with Crippen molar-refractivity contribution in [1.82, 2.24) is 29.1 Å². The molecule has 0 radical (unpaired) electrons. The van der Waals surface area contributed by atoms with Gasteiger partial charge in [0.15, 0.2) is 0 Å². The number of aromatic nitrogens is 4. The number of likely N-dealkylation sites (tertiary alicyclic amines) is 1. The van der Waals surface area contributed by atoms with E-state index >= 15 is 0 Å². The zero-order chi connectivity index (χ0) is 19.4. The second-order valence-corrected chi connectivity index (χ2v) is 7.66. The molecule has 0 aromatic carbocycles. The minimum Gasteiger partial charge on any atom is -0.338 e. The van der Waals surface area contributed by atoms with Crippen LogP contribution >= 0.6 is 0 Å². The summed E-state index contributed by atoms with van der Waals surface area (Å²) in [6.45, 7) is 8.45. The monoisotopic (exact) mass is 372 g/mol. The molecule has 1 fully saturated rings. The average molecular weight is 373 g/mol. The van der Waals surface area contributed by atoms with Crippen LogP contribution in [0, 0.1) is 6.92 Å². The second-order valence-electron chi connectivity index (χ2n) is 7.66. The van der Waals surface area contributed by atoms with E-state index in [-0.39, 0.29) is 5.91 Å². The molecule has 3 heterocycles. The van der Waals surface area contributed by atoms with Crippen LogP contribution < -0.4 is 0 Å². The largest absolute Gasteiger partial charge is 0.338 e. The van der Waals surface area contributed by atoms with Crippen molar-refractivity contribution in [3.63, 3.8) is 0 Å². The summed E-state index contributed by atoms with van der Waals surface area (Å²) in [4.78, 5) is 21.7. The highest BCUT2D eigenvalue weighted by Crippen LogP contribution is 2.28. The van der Waals surface area contributed by atoms with Gasteiger partial charge in [-0.15, -0.1) is 0 Å². The second kappa shape index (κ2) is 8.69. The van der Waals surface area contributed by atoms with Crippen molar-refractivity contribution >= 4 is 5.91 Å². The van der Waals surface area contributed by atoms with Crippen LogP contribution in [0.15, 0.2) is 18.6 Å². The van der Waals surface area contributed by atoms with Gasteiger partial charge in [-0.1, -0.05) is 0 Å². The van der Waals surface area contributed by atoms with Crippen molar-refractivity contribution in [3.05, 3.63) is 35.7 Å². The SMILES string of the molecule is CCn1ncc(C(=O)N2CCC(c3nccn3CCCN(C)C)CC2)c1C. The lowest BCUT2D eigenvalue weighted by atomic mass is 9.95. The Labute approximate surface area is 162 Å². The summed E-state index contributed by atoms with van der Waals surface area (Å²) in [5.74, 6) is 1.72. The molecule has 27 heavy (non-hydrogen) atoms. The first kappa shape index (κ1) is 19.6.